The number of urea groups is 1. The maximum Gasteiger partial charge on any atom is 0.340 e. The van der Waals surface area contributed by atoms with Crippen molar-refractivity contribution in [2.24, 2.45) is 0 Å². The summed E-state index contributed by atoms with van der Waals surface area (Å²) in [6, 6.07) is 14.7. The second-order valence-electron chi connectivity index (χ2n) is 8.68. The topological polar surface area (TPSA) is 88.9 Å². The summed E-state index contributed by atoms with van der Waals surface area (Å²) in [7, 11) is -4.10. The maximum absolute atomic E-state index is 12.8. The molecule has 1 heterocycles. The molecule has 0 fully saturated rings. The number of amides is 2. The van der Waals surface area contributed by atoms with Crippen molar-refractivity contribution in [2.75, 3.05) is 0 Å². The number of aryl methyl sites for hydroxylation is 1. The predicted molar refractivity (Wildman–Crippen MR) is 127 cm³/mol. The lowest BCUT2D eigenvalue weighted by atomic mass is 10.1. The van der Waals surface area contributed by atoms with Crippen molar-refractivity contribution in [1.29, 1.82) is 0 Å². The van der Waals surface area contributed by atoms with Gasteiger partial charge in [0.1, 0.15) is 16.4 Å². The van der Waals surface area contributed by atoms with Crippen LogP contribution in [0.3, 0.4) is 0 Å². The van der Waals surface area contributed by atoms with Crippen molar-refractivity contribution >= 4 is 27.8 Å². The van der Waals surface area contributed by atoms with E-state index in [9.17, 15) is 13.2 Å². The average molecular weight is 491 g/mol. The molecule has 1 N–H and O–H groups in total. The zero-order valence-corrected chi connectivity index (χ0v) is 20.5. The molecule has 9 heteroatoms. The van der Waals surface area contributed by atoms with Gasteiger partial charge < -0.3 is 18.8 Å². The summed E-state index contributed by atoms with van der Waals surface area (Å²) in [5.74, 6) is 0.801. The molecule has 0 atom stereocenters. The van der Waals surface area contributed by atoms with E-state index in [-0.39, 0.29) is 28.2 Å². The Bertz CT molecular complexity index is 1180. The van der Waals surface area contributed by atoms with E-state index in [4.69, 9.17) is 20.2 Å². The van der Waals surface area contributed by atoms with E-state index >= 15 is 0 Å². The van der Waals surface area contributed by atoms with E-state index < -0.39 is 15.7 Å². The van der Waals surface area contributed by atoms with E-state index in [2.05, 4.69) is 5.32 Å². The first-order chi connectivity index (χ1) is 15.4. The highest BCUT2D eigenvalue weighted by atomic mass is 35.5. The standard InChI is InChI=1S/C24H27ClN2O5S/c1-17-7-5-9-21(25)22(17)33(29,30)32-19-12-10-18(11-13-19)15-27(16-20-8-6-14-31-20)23(28)26-24(2,3)4/h5-14H,15-16H2,1-4H3,(H,26,28). The van der Waals surface area contributed by atoms with Gasteiger partial charge in [0.2, 0.25) is 0 Å². The number of benzene rings is 2. The molecule has 0 radical (unpaired) electrons. The Hall–Kier alpha value is -2.97. The summed E-state index contributed by atoms with van der Waals surface area (Å²) in [4.78, 5) is 14.4. The fourth-order valence-corrected chi connectivity index (χ4v) is 4.88. The van der Waals surface area contributed by atoms with Gasteiger partial charge in [-0.15, -0.1) is 0 Å². The molecule has 0 bridgehead atoms. The molecule has 33 heavy (non-hydrogen) atoms. The second kappa shape index (κ2) is 9.89. The monoisotopic (exact) mass is 490 g/mol. The van der Waals surface area contributed by atoms with Crippen molar-refractivity contribution in [2.45, 2.75) is 51.2 Å². The molecular formula is C24H27ClN2O5S. The second-order valence-corrected chi connectivity index (χ2v) is 10.6. The normalized spacial score (nSPS) is 11.8. The highest BCUT2D eigenvalue weighted by molar-refractivity contribution is 7.87. The van der Waals surface area contributed by atoms with Crippen LogP contribution in [0.2, 0.25) is 5.02 Å². The van der Waals surface area contributed by atoms with Crippen molar-refractivity contribution in [3.63, 3.8) is 0 Å². The van der Waals surface area contributed by atoms with Gasteiger partial charge in [0.25, 0.3) is 0 Å². The van der Waals surface area contributed by atoms with Gasteiger partial charge in [-0.05, 0) is 69.2 Å². The molecule has 0 spiro atoms. The zero-order valence-electron chi connectivity index (χ0n) is 19.0. The Balaban J connectivity index is 1.76. The molecule has 0 aliphatic carbocycles. The predicted octanol–water partition coefficient (Wildman–Crippen LogP) is 5.52. The summed E-state index contributed by atoms with van der Waals surface area (Å²) >= 11 is 6.09. The van der Waals surface area contributed by atoms with Crippen LogP contribution >= 0.6 is 11.6 Å². The average Bonchev–Trinajstić information content (AvgIpc) is 3.20. The number of hydrogen-bond donors (Lipinski definition) is 1. The van der Waals surface area contributed by atoms with Crippen LogP contribution in [0.15, 0.2) is 70.2 Å². The zero-order chi connectivity index (χ0) is 24.2. The highest BCUT2D eigenvalue weighted by Gasteiger charge is 2.24. The first kappa shape index (κ1) is 24.7. The lowest BCUT2D eigenvalue weighted by Crippen LogP contribution is -2.47. The van der Waals surface area contributed by atoms with Gasteiger partial charge in [0.05, 0.1) is 17.8 Å². The van der Waals surface area contributed by atoms with Crippen molar-refractivity contribution in [3.05, 3.63) is 82.8 Å². The van der Waals surface area contributed by atoms with Crippen LogP contribution in [0, 0.1) is 6.92 Å². The lowest BCUT2D eigenvalue weighted by Gasteiger charge is -2.28. The van der Waals surface area contributed by atoms with Crippen molar-refractivity contribution in [3.8, 4) is 5.75 Å². The molecule has 0 aliphatic heterocycles. The summed E-state index contributed by atoms with van der Waals surface area (Å²) < 4.78 is 36.1. The van der Waals surface area contributed by atoms with Crippen molar-refractivity contribution in [1.82, 2.24) is 10.2 Å². The van der Waals surface area contributed by atoms with E-state index in [0.717, 1.165) is 5.56 Å². The first-order valence-electron chi connectivity index (χ1n) is 10.3. The third kappa shape index (κ3) is 6.76. The molecule has 2 aromatic carbocycles. The van der Waals surface area contributed by atoms with Crippen LogP contribution in [-0.4, -0.2) is 24.9 Å². The van der Waals surface area contributed by atoms with Gasteiger partial charge in [-0.2, -0.15) is 8.42 Å². The van der Waals surface area contributed by atoms with Crippen LogP contribution in [0.5, 0.6) is 5.75 Å². The van der Waals surface area contributed by atoms with Crippen LogP contribution in [0.1, 0.15) is 37.7 Å². The van der Waals surface area contributed by atoms with Gasteiger partial charge in [-0.1, -0.05) is 35.9 Å². The van der Waals surface area contributed by atoms with E-state index in [1.165, 1.54) is 6.07 Å². The Morgan fingerprint density at radius 2 is 1.76 bits per heavy atom. The third-order valence-corrected chi connectivity index (χ3v) is 6.49. The van der Waals surface area contributed by atoms with E-state index in [1.807, 2.05) is 20.8 Å². The van der Waals surface area contributed by atoms with Crippen LogP contribution in [0.25, 0.3) is 0 Å². The van der Waals surface area contributed by atoms with Gasteiger partial charge in [0.15, 0.2) is 0 Å². The maximum atomic E-state index is 12.8. The Kier molecular flexibility index (Phi) is 7.39. The minimum Gasteiger partial charge on any atom is -0.467 e. The first-order valence-corrected chi connectivity index (χ1v) is 12.1. The summed E-state index contributed by atoms with van der Waals surface area (Å²) in [6.45, 7) is 7.95. The lowest BCUT2D eigenvalue weighted by molar-refractivity contribution is 0.178. The molecule has 3 aromatic rings. The molecule has 2 amide bonds. The largest absolute Gasteiger partial charge is 0.467 e. The van der Waals surface area contributed by atoms with Crippen LogP contribution < -0.4 is 9.50 Å². The number of halogens is 1. The quantitative estimate of drug-likeness (QED) is 0.440. The third-order valence-electron chi connectivity index (χ3n) is 4.61. The molecule has 7 nitrogen and oxygen atoms in total. The number of nitrogens with zero attached hydrogens (tertiary/aromatic N) is 1. The fraction of sp³-hybridized carbons (Fsp3) is 0.292. The molecule has 0 saturated heterocycles. The van der Waals surface area contributed by atoms with E-state index in [0.29, 0.717) is 17.9 Å². The molecule has 0 saturated carbocycles. The fourth-order valence-electron chi connectivity index (χ4n) is 3.16. The van der Waals surface area contributed by atoms with Crippen LogP contribution in [0.4, 0.5) is 4.79 Å². The van der Waals surface area contributed by atoms with Gasteiger partial charge in [-0.3, -0.25) is 0 Å². The smallest absolute Gasteiger partial charge is 0.340 e. The summed E-state index contributed by atoms with van der Waals surface area (Å²) in [5, 5.41) is 3.05. The number of carbonyl (C=O) groups excluding carboxylic acids is 1. The van der Waals surface area contributed by atoms with Gasteiger partial charge in [-0.25, -0.2) is 4.79 Å². The summed E-state index contributed by atoms with van der Waals surface area (Å²) in [6.07, 6.45) is 1.56. The molecular weight excluding hydrogens is 464 g/mol. The molecule has 176 valence electrons. The van der Waals surface area contributed by atoms with Gasteiger partial charge >= 0.3 is 16.1 Å². The number of rotatable bonds is 7. The Morgan fingerprint density at radius 1 is 1.06 bits per heavy atom. The number of furan rings is 1. The summed E-state index contributed by atoms with van der Waals surface area (Å²) in [5.41, 5.74) is 0.892. The number of carbonyl (C=O) groups is 1. The molecule has 0 unspecified atom stereocenters. The molecule has 3 rings (SSSR count). The minimum absolute atomic E-state index is 0.0563. The molecule has 1 aromatic heterocycles. The number of nitrogens with one attached hydrogen (secondary N) is 1. The number of hydrogen-bond acceptors (Lipinski definition) is 5. The highest BCUT2D eigenvalue weighted by Crippen LogP contribution is 2.28. The van der Waals surface area contributed by atoms with E-state index in [1.54, 1.807) is 66.6 Å². The molecule has 0 aliphatic rings. The Labute approximate surface area is 199 Å². The SMILES string of the molecule is Cc1cccc(Cl)c1S(=O)(=O)Oc1ccc(CN(Cc2ccco2)C(=O)NC(C)(C)C)cc1. The minimum atomic E-state index is -4.10. The van der Waals surface area contributed by atoms with Crippen LogP contribution in [-0.2, 0) is 23.2 Å². The Morgan fingerprint density at radius 3 is 2.33 bits per heavy atom. The van der Waals surface area contributed by atoms with Crippen molar-refractivity contribution < 1.29 is 21.8 Å². The van der Waals surface area contributed by atoms with Gasteiger partial charge in [0, 0.05) is 12.1 Å².